The van der Waals surface area contributed by atoms with Gasteiger partial charge in [0.05, 0.1) is 15.4 Å². The maximum Gasteiger partial charge on any atom is 0.490 e. The van der Waals surface area contributed by atoms with Crippen molar-refractivity contribution in [2.24, 2.45) is 5.92 Å². The van der Waals surface area contributed by atoms with E-state index in [-0.39, 0.29) is 4.77 Å². The average molecular weight is 530 g/mol. The Labute approximate surface area is 182 Å². The van der Waals surface area contributed by atoms with Gasteiger partial charge < -0.3 is 34.4 Å². The lowest BCUT2D eigenvalue weighted by Gasteiger charge is -2.20. The smallest absolute Gasteiger partial charge is 0.390 e. The van der Waals surface area contributed by atoms with Crippen molar-refractivity contribution < 1.29 is 59.0 Å². The second-order valence-corrected chi connectivity index (χ2v) is 11.2. The molecule has 0 saturated carbocycles. The van der Waals surface area contributed by atoms with Crippen LogP contribution < -0.4 is 0 Å². The highest BCUT2D eigenvalue weighted by Gasteiger charge is 2.45. The number of H-pyrrole nitrogens is 1. The Morgan fingerprint density at radius 2 is 1.83 bits per heavy atom. The number of hydrogen-bond donors (Lipinski definition) is 6. The molecule has 0 bridgehead atoms. The number of phosphoric ester groups is 1. The maximum atomic E-state index is 12.0. The van der Waals surface area contributed by atoms with Crippen LogP contribution in [-0.4, -0.2) is 53.0 Å². The number of aromatic nitrogens is 2. The zero-order valence-electron chi connectivity index (χ0n) is 17.1. The average Bonchev–Trinajstić information content (AvgIpc) is 2.82. The van der Waals surface area contributed by atoms with Crippen LogP contribution in [-0.2, 0) is 31.6 Å². The van der Waals surface area contributed by atoms with Gasteiger partial charge in [-0.2, -0.15) is 8.62 Å². The first-order chi connectivity index (χ1) is 14.2. The molecule has 0 aromatic carbocycles. The lowest BCUT2D eigenvalue weighted by molar-refractivity contribution is -0.0461. The van der Waals surface area contributed by atoms with E-state index in [4.69, 9.17) is 41.7 Å². The quantitative estimate of drug-likeness (QED) is 0.209. The normalized spacial score (nSPS) is 30.2. The lowest BCUT2D eigenvalue weighted by Crippen LogP contribution is -2.29. The van der Waals surface area contributed by atoms with E-state index in [1.54, 1.807) is 6.92 Å². The van der Waals surface area contributed by atoms with Gasteiger partial charge in [0, 0.05) is 17.7 Å². The summed E-state index contributed by atoms with van der Waals surface area (Å²) >= 11 is 10.2. The number of rotatable bonds is 8. The summed E-state index contributed by atoms with van der Waals surface area (Å²) in [6, 6.07) is 0. The predicted octanol–water partition coefficient (Wildman–Crippen LogP) is 1.82. The first-order valence-corrected chi connectivity index (χ1v) is 13.1. The third-order valence-electron chi connectivity index (χ3n) is 3.70. The second kappa shape index (κ2) is 9.38. The van der Waals surface area contributed by atoms with Crippen molar-refractivity contribution in [2.45, 2.75) is 32.3 Å². The monoisotopic (exact) mass is 530 g/mol. The first-order valence-electron chi connectivity index (χ1n) is 8.75. The van der Waals surface area contributed by atoms with E-state index in [0.717, 1.165) is 0 Å². The zero-order chi connectivity index (χ0) is 24.9. The van der Waals surface area contributed by atoms with E-state index in [9.17, 15) is 28.6 Å². The Kier molecular flexibility index (Phi) is 7.20. The minimum atomic E-state index is -5.86. The highest BCUT2D eigenvalue weighted by Crippen LogP contribution is 2.66. The first kappa shape index (κ1) is 23.0. The van der Waals surface area contributed by atoms with Crippen LogP contribution in [0, 0.1) is 22.3 Å². The summed E-state index contributed by atoms with van der Waals surface area (Å²) in [5, 5.41) is 10.5. The third-order valence-corrected chi connectivity index (χ3v) is 8.11. The van der Waals surface area contributed by atoms with Gasteiger partial charge in [-0.3, -0.25) is 9.09 Å². The van der Waals surface area contributed by atoms with E-state index in [0.29, 0.717) is 10.2 Å². The maximum absolute atomic E-state index is 12.0. The van der Waals surface area contributed by atoms with Crippen molar-refractivity contribution in [3.8, 4) is 0 Å². The fraction of sp³-hybridized carbons (Fsp3) is 0.636. The molecule has 172 valence electrons. The molecule has 2 heterocycles. The van der Waals surface area contributed by atoms with Gasteiger partial charge in [0.15, 0.2) is 4.77 Å². The van der Waals surface area contributed by atoms with Crippen molar-refractivity contribution in [3.05, 3.63) is 21.2 Å². The molecule has 0 amide bonds. The molecule has 1 saturated heterocycles. The number of ether oxygens (including phenoxy) is 1. The molecule has 1 aliphatic rings. The number of nitrogens with one attached hydrogen (secondary N) is 1. The van der Waals surface area contributed by atoms with Gasteiger partial charge in [-0.25, -0.2) is 13.7 Å². The van der Waals surface area contributed by atoms with E-state index in [1.165, 1.54) is 17.7 Å². The number of aromatic amines is 1. The van der Waals surface area contributed by atoms with Gasteiger partial charge in [0.25, 0.3) is 0 Å². The van der Waals surface area contributed by atoms with Gasteiger partial charge >= 0.3 is 23.5 Å². The Hall–Kier alpha value is -0.150. The van der Waals surface area contributed by atoms with Crippen LogP contribution in [0.25, 0.3) is 0 Å². The molecule has 2 rings (SSSR count). The van der Waals surface area contributed by atoms with Gasteiger partial charge in [0.1, 0.15) is 17.0 Å². The van der Waals surface area contributed by atoms with Crippen LogP contribution in [0.1, 0.15) is 21.5 Å². The molecular weight excluding hydrogens is 509 g/mol. The summed E-state index contributed by atoms with van der Waals surface area (Å²) in [7, 11) is -17.3. The zero-order valence-corrected chi connectivity index (χ0v) is 19.4. The molecule has 1 fully saturated rings. The summed E-state index contributed by atoms with van der Waals surface area (Å²) in [5.41, 5.74) is 0.582. The van der Waals surface area contributed by atoms with E-state index in [1.807, 2.05) is 0 Å². The SMILES string of the molecule is [2H]C([2H])(OP(=O)(O)OP(=O)(O)OP(=O)(O)O)[C@@H]1O[C@H](n2cc(C)c(=S)[nH]c2=S)[C@H](C)C1O. The number of aliphatic hydroxyl groups is 1. The molecule has 0 aliphatic carbocycles. The van der Waals surface area contributed by atoms with Crippen LogP contribution in [0.3, 0.4) is 0 Å². The Bertz CT molecular complexity index is 1140. The minimum Gasteiger partial charge on any atom is -0.390 e. The second-order valence-electron chi connectivity index (χ2n) is 6.08. The fourth-order valence-electron chi connectivity index (χ4n) is 2.41. The lowest BCUT2D eigenvalue weighted by atomic mass is 10.0. The van der Waals surface area contributed by atoms with Crippen LogP contribution in [0.15, 0.2) is 6.20 Å². The Balaban J connectivity index is 2.27. The third kappa shape index (κ3) is 6.92. The predicted molar refractivity (Wildman–Crippen MR) is 104 cm³/mol. The van der Waals surface area contributed by atoms with Gasteiger partial charge in [0.2, 0.25) is 0 Å². The number of aryl methyl sites for hydroxylation is 1. The number of phosphoric acid groups is 3. The van der Waals surface area contributed by atoms with Crippen molar-refractivity contribution in [2.75, 3.05) is 6.56 Å². The van der Waals surface area contributed by atoms with Crippen molar-refractivity contribution in [1.82, 2.24) is 9.55 Å². The van der Waals surface area contributed by atoms with Gasteiger partial charge in [-0.15, -0.1) is 0 Å². The largest absolute Gasteiger partial charge is 0.490 e. The van der Waals surface area contributed by atoms with Crippen LogP contribution in [0.5, 0.6) is 0 Å². The molecule has 1 aromatic rings. The van der Waals surface area contributed by atoms with Crippen LogP contribution in [0.4, 0.5) is 0 Å². The summed E-state index contributed by atoms with van der Waals surface area (Å²) in [6.07, 6.45) is -3.15. The molecule has 6 N–H and O–H groups in total. The summed E-state index contributed by atoms with van der Waals surface area (Å²) in [4.78, 5) is 38.6. The van der Waals surface area contributed by atoms with E-state index >= 15 is 0 Å². The Morgan fingerprint density at radius 1 is 1.23 bits per heavy atom. The molecule has 0 spiro atoms. The summed E-state index contributed by atoms with van der Waals surface area (Å²) < 4.78 is 68.5. The topological polar surface area (TPSA) is 210 Å². The van der Waals surface area contributed by atoms with Crippen molar-refractivity contribution in [3.63, 3.8) is 0 Å². The molecule has 1 aromatic heterocycles. The highest BCUT2D eigenvalue weighted by atomic mass is 32.1. The van der Waals surface area contributed by atoms with Gasteiger partial charge in [-0.05, 0) is 19.1 Å². The molecule has 30 heavy (non-hydrogen) atoms. The van der Waals surface area contributed by atoms with Crippen LogP contribution >= 0.6 is 47.9 Å². The van der Waals surface area contributed by atoms with Crippen LogP contribution in [0.2, 0.25) is 0 Å². The van der Waals surface area contributed by atoms with Crippen molar-refractivity contribution >= 4 is 47.9 Å². The Morgan fingerprint density at radius 3 is 2.40 bits per heavy atom. The molecule has 0 radical (unpaired) electrons. The van der Waals surface area contributed by atoms with E-state index in [2.05, 4.69) is 18.1 Å². The fourth-order valence-corrected chi connectivity index (χ4v) is 5.75. The number of aliphatic hydroxyl groups excluding tert-OH is 1. The van der Waals surface area contributed by atoms with E-state index < -0.39 is 54.4 Å². The summed E-state index contributed by atoms with van der Waals surface area (Å²) in [5.74, 6) is -0.838. The molecule has 1 aliphatic heterocycles. The highest BCUT2D eigenvalue weighted by molar-refractivity contribution is 7.72. The number of hydrogen-bond acceptors (Lipinski definition) is 10. The van der Waals surface area contributed by atoms with Crippen molar-refractivity contribution in [1.29, 1.82) is 0 Å². The molecule has 14 nitrogen and oxygen atoms in total. The molecule has 6 atom stereocenters. The number of nitrogens with zero attached hydrogens (tertiary/aromatic N) is 1. The molecule has 3 unspecified atom stereocenters. The van der Waals surface area contributed by atoms with Gasteiger partial charge in [-0.1, -0.05) is 19.1 Å². The standard InChI is InChI=1S/C11H19N2O12P3S2/c1-5-3-13(11(30)12-9(5)29)10-6(2)8(14)7(23-10)4-22-27(18,19)25-28(20,21)24-26(15,16)17/h3,6-8,10,14H,4H2,1-2H3,(H,18,19)(H,20,21)(H,12,29,30)(H2,15,16,17)/t6-,7+,8?,10+/m1/s1/i4D2. The minimum absolute atomic E-state index is 0.0822. The molecular formula is C11H19N2O12P3S2. The molecule has 19 heteroatoms. The summed E-state index contributed by atoms with van der Waals surface area (Å²) in [6.45, 7) is -0.186.